The smallest absolute Gasteiger partial charge is 0.328 e. The van der Waals surface area contributed by atoms with Crippen molar-refractivity contribution in [3.63, 3.8) is 0 Å². The zero-order valence-corrected chi connectivity index (χ0v) is 47.3. The van der Waals surface area contributed by atoms with Crippen molar-refractivity contribution in [1.82, 2.24) is 40.1 Å². The minimum Gasteiger partial charge on any atom is -0.464 e. The predicted octanol–water partition coefficient (Wildman–Crippen LogP) is 7.32. The first-order chi connectivity index (χ1) is 37.8. The van der Waals surface area contributed by atoms with E-state index >= 15 is 4.79 Å². The highest BCUT2D eigenvalue weighted by atomic mass is 32.1. The number of aromatic nitrogens is 3. The number of carbonyl (C=O) groups excluding carboxylic acids is 3. The molecule has 1 aromatic carbocycles. The molecule has 17 nitrogen and oxygen atoms in total. The van der Waals surface area contributed by atoms with Crippen LogP contribution in [-0.4, -0.2) is 163 Å². The number of benzene rings is 1. The van der Waals surface area contributed by atoms with E-state index in [1.54, 1.807) is 23.5 Å². The fourth-order valence-corrected chi connectivity index (χ4v) is 15.7. The Bertz CT molecular complexity index is 2870. The lowest BCUT2D eigenvalue weighted by atomic mass is 9.66. The molecule has 3 aromatic heterocycles. The van der Waals surface area contributed by atoms with Gasteiger partial charge in [-0.15, -0.1) is 11.3 Å². The first-order valence-corrected chi connectivity index (χ1v) is 30.5. The summed E-state index contributed by atoms with van der Waals surface area (Å²) >= 11 is 1.56. The number of hydrogen-bond donors (Lipinski definition) is 2. The third-order valence-electron chi connectivity index (χ3n) is 19.2. The highest BCUT2D eigenvalue weighted by molar-refractivity contribution is 7.10. The number of nitrogens with zero attached hydrogens (tertiary/aromatic N) is 7. The van der Waals surface area contributed by atoms with Crippen LogP contribution in [0.15, 0.2) is 35.8 Å². The van der Waals surface area contributed by atoms with Gasteiger partial charge in [-0.3, -0.25) is 29.4 Å². The van der Waals surface area contributed by atoms with Gasteiger partial charge in [0.1, 0.15) is 16.6 Å². The first-order valence-electron chi connectivity index (χ1n) is 29.6. The van der Waals surface area contributed by atoms with Gasteiger partial charge in [-0.25, -0.2) is 15.2 Å². The molecule has 4 aromatic rings. The molecule has 2 N–H and O–H groups in total. The van der Waals surface area contributed by atoms with Crippen molar-refractivity contribution in [1.29, 1.82) is 0 Å². The van der Waals surface area contributed by atoms with Crippen LogP contribution in [0.4, 0.5) is 5.69 Å². The number of rotatable bonds is 13. The number of carbonyl (C=O) groups is 3. The number of nitrogens with one attached hydrogen (secondary N) is 2. The van der Waals surface area contributed by atoms with Crippen LogP contribution in [0.25, 0.3) is 33.4 Å². The Labute approximate surface area is 463 Å². The number of fused-ring (bicyclic) bond motifs is 4. The van der Waals surface area contributed by atoms with Gasteiger partial charge in [-0.1, -0.05) is 26.8 Å². The molecule has 7 atom stereocenters. The van der Waals surface area contributed by atoms with Crippen molar-refractivity contribution in [2.45, 2.75) is 147 Å². The molecule has 3 saturated carbocycles. The number of hydrogen-bond acceptors (Lipinski definition) is 15. The van der Waals surface area contributed by atoms with Gasteiger partial charge in [0.2, 0.25) is 5.91 Å². The summed E-state index contributed by atoms with van der Waals surface area (Å²) in [6.45, 7) is 17.9. The summed E-state index contributed by atoms with van der Waals surface area (Å²) in [5, 5.41) is 9.02. The van der Waals surface area contributed by atoms with E-state index in [1.165, 1.54) is 12.8 Å². The van der Waals surface area contributed by atoms with Gasteiger partial charge in [0, 0.05) is 117 Å². The van der Waals surface area contributed by atoms with Crippen molar-refractivity contribution in [3.8, 4) is 22.5 Å². The molecule has 78 heavy (non-hydrogen) atoms. The Morgan fingerprint density at radius 3 is 2.51 bits per heavy atom. The summed E-state index contributed by atoms with van der Waals surface area (Å²) in [5.74, 6) is -0.549. The second kappa shape index (κ2) is 21.4. The Balaban J connectivity index is 0.943. The van der Waals surface area contributed by atoms with Crippen molar-refractivity contribution in [3.05, 3.63) is 52.1 Å². The number of piperazine rings is 1. The molecular weight excluding hydrogens is 1010 g/mol. The van der Waals surface area contributed by atoms with Gasteiger partial charge < -0.3 is 38.5 Å². The average Bonchev–Trinajstić information content (AvgIpc) is 4.17. The Kier molecular flexibility index (Phi) is 14.5. The standard InChI is InChI=1S/C60H81N9O8S/c1-36-49(48-9-8-23-76-48)50(36)55(70)63-52-54(67-16-6-7-17-67)56-62-46(34-78-56)39-10-13-47-43(27-39)45(31-59(3,4)35-77-58(72)60-29-38(30-60)33-69(64-60)57(52)71)53(68(47)22-26-75-42-14-24-74-25-15-42)44-28-41(32-61-51(44)37(2)73-5)66-20-18-65(19-21-66)40-11-12-40/h10,13,27-28,32,34,36-38,40,42,48-50,52,54,64H,6-9,11-12,14-26,29-31,33,35H2,1-5H3,(H,63,70)/t36-,37-,38?,48+,49-,50+,52-,54-,60?/m0/s1. The number of ether oxygens (including phenoxy) is 5. The normalized spacial score (nSPS) is 31.3. The molecule has 2 amide bonds. The molecule has 14 rings (SSSR count). The van der Waals surface area contributed by atoms with E-state index in [9.17, 15) is 9.59 Å². The summed E-state index contributed by atoms with van der Waals surface area (Å²) in [6, 6.07) is 8.32. The van der Waals surface area contributed by atoms with Gasteiger partial charge in [0.25, 0.3) is 5.91 Å². The van der Waals surface area contributed by atoms with E-state index in [0.29, 0.717) is 52.2 Å². The lowest BCUT2D eigenvalue weighted by Gasteiger charge is -2.55. The van der Waals surface area contributed by atoms with Crippen LogP contribution < -0.4 is 15.6 Å². The summed E-state index contributed by atoms with van der Waals surface area (Å²) < 4.78 is 33.7. The van der Waals surface area contributed by atoms with Gasteiger partial charge in [-0.05, 0) is 126 Å². The minimum atomic E-state index is -1.05. The number of methoxy groups -OCH3 is 1. The van der Waals surface area contributed by atoms with Crippen LogP contribution in [0.2, 0.25) is 0 Å². The zero-order valence-electron chi connectivity index (χ0n) is 46.5. The summed E-state index contributed by atoms with van der Waals surface area (Å²) in [4.78, 5) is 63.3. The van der Waals surface area contributed by atoms with Crippen LogP contribution in [0, 0.1) is 29.1 Å². The van der Waals surface area contributed by atoms with E-state index in [1.807, 2.05) is 6.20 Å². The molecule has 0 unspecified atom stereocenters. The number of amides is 2. The number of cyclic esters (lactones) is 1. The van der Waals surface area contributed by atoms with Gasteiger partial charge in [-0.2, -0.15) is 0 Å². The molecule has 10 heterocycles. The highest BCUT2D eigenvalue weighted by Crippen LogP contribution is 2.52. The van der Waals surface area contributed by atoms with Crippen molar-refractivity contribution < 1.29 is 38.1 Å². The minimum absolute atomic E-state index is 0.0613. The lowest BCUT2D eigenvalue weighted by molar-refractivity contribution is -0.180. The van der Waals surface area contributed by atoms with Crippen molar-refractivity contribution >= 4 is 45.7 Å². The largest absolute Gasteiger partial charge is 0.464 e. The predicted molar refractivity (Wildman–Crippen MR) is 298 cm³/mol. The Morgan fingerprint density at radius 1 is 0.974 bits per heavy atom. The molecule has 10 aliphatic rings. The summed E-state index contributed by atoms with van der Waals surface area (Å²) in [5.41, 5.74) is 9.92. The fraction of sp³-hybridized carbons (Fsp3) is 0.683. The van der Waals surface area contributed by atoms with Crippen LogP contribution >= 0.6 is 11.3 Å². The molecule has 9 fully saturated rings. The number of anilines is 1. The number of likely N-dealkylation sites (tertiary alicyclic amines) is 1. The Morgan fingerprint density at radius 2 is 1.77 bits per heavy atom. The fourth-order valence-electron chi connectivity index (χ4n) is 14.7. The summed E-state index contributed by atoms with van der Waals surface area (Å²) in [7, 11) is 1.75. The maximum atomic E-state index is 15.5. The second-order valence-electron chi connectivity index (χ2n) is 25.2. The molecule has 7 bridgehead atoms. The average molecular weight is 1090 g/mol. The van der Waals surface area contributed by atoms with Gasteiger partial charge >= 0.3 is 5.97 Å². The molecule has 420 valence electrons. The molecule has 18 heteroatoms. The zero-order chi connectivity index (χ0) is 53.5. The maximum absolute atomic E-state index is 15.5. The number of thiazole rings is 1. The van der Waals surface area contributed by atoms with Crippen LogP contribution in [0.1, 0.15) is 120 Å². The number of pyridine rings is 1. The second-order valence-corrected chi connectivity index (χ2v) is 26.1. The van der Waals surface area contributed by atoms with E-state index in [2.05, 4.69) is 87.3 Å². The molecule has 3 aliphatic carbocycles. The van der Waals surface area contributed by atoms with Crippen LogP contribution in [0.5, 0.6) is 0 Å². The van der Waals surface area contributed by atoms with Gasteiger partial charge in [0.15, 0.2) is 0 Å². The van der Waals surface area contributed by atoms with Crippen LogP contribution in [-0.2, 0) is 51.0 Å². The van der Waals surface area contributed by atoms with Crippen molar-refractivity contribution in [2.24, 2.45) is 29.1 Å². The highest BCUT2D eigenvalue weighted by Gasteiger charge is 2.60. The number of hydrazine groups is 1. The first kappa shape index (κ1) is 52.8. The molecule has 0 radical (unpaired) electrons. The third-order valence-corrected chi connectivity index (χ3v) is 20.2. The van der Waals surface area contributed by atoms with E-state index in [4.69, 9.17) is 33.7 Å². The van der Waals surface area contributed by atoms with E-state index in [0.717, 1.165) is 146 Å². The molecular formula is C60H81N9O8S. The van der Waals surface area contributed by atoms with Crippen LogP contribution in [0.3, 0.4) is 0 Å². The SMILES string of the molecule is CO[C@@H](C)c1ncc(N2CCN(C3CC3)CC2)cc1-c1c2c3cc(ccc3n1CCOC1CCOCC1)-c1csc(n1)[C@@H](N1CCCC1)[C@H](NC(=O)[C@@H]1[C@@H](C)[C@H]1[C@H]1CCCO1)C(=O)N1CC3CC(C3)(N1)C(=O)OCC(C)(C)C2. The van der Waals surface area contributed by atoms with E-state index < -0.39 is 23.0 Å². The third kappa shape index (κ3) is 10.1. The topological polar surface area (TPSA) is 165 Å². The van der Waals surface area contributed by atoms with Crippen molar-refractivity contribution in [2.75, 3.05) is 90.9 Å². The van der Waals surface area contributed by atoms with E-state index in [-0.39, 0.29) is 66.4 Å². The molecule has 1 spiro atoms. The lowest BCUT2D eigenvalue weighted by Crippen LogP contribution is -2.75. The maximum Gasteiger partial charge on any atom is 0.328 e. The monoisotopic (exact) mass is 1090 g/mol. The molecule has 6 saturated heterocycles. The Hall–Kier alpha value is -4.53. The quantitative estimate of drug-likeness (QED) is 0.128. The number of esters is 1. The van der Waals surface area contributed by atoms with Gasteiger partial charge in [0.05, 0.1) is 66.5 Å². The summed E-state index contributed by atoms with van der Waals surface area (Å²) in [6.07, 6.45) is 11.9. The molecule has 7 aliphatic heterocycles.